The zero-order valence-electron chi connectivity index (χ0n) is 14.8. The van der Waals surface area contributed by atoms with Crippen molar-refractivity contribution in [3.8, 4) is 0 Å². The number of hydrogen-bond donors (Lipinski definition) is 0. The van der Waals surface area contributed by atoms with E-state index in [-0.39, 0.29) is 24.0 Å². The number of amides is 2. The Bertz CT molecular complexity index is 704. The van der Waals surface area contributed by atoms with E-state index in [1.807, 2.05) is 25.7 Å². The Hall–Kier alpha value is -1.85. The lowest BCUT2D eigenvalue weighted by molar-refractivity contribution is -0.138. The zero-order chi connectivity index (χ0) is 18.1. The molecule has 2 aliphatic rings. The summed E-state index contributed by atoms with van der Waals surface area (Å²) in [5, 5.41) is 0.599. The highest BCUT2D eigenvalue weighted by molar-refractivity contribution is 6.36. The van der Waals surface area contributed by atoms with Crippen LogP contribution < -0.4 is 0 Å². The molecule has 0 spiro atoms. The van der Waals surface area contributed by atoms with E-state index in [9.17, 15) is 9.59 Å². The van der Waals surface area contributed by atoms with Gasteiger partial charge < -0.3 is 9.64 Å². The summed E-state index contributed by atoms with van der Waals surface area (Å²) in [5.41, 5.74) is 1.68. The number of nitrogens with zero attached hydrogens (tertiary/aromatic N) is 2. The third kappa shape index (κ3) is 3.44. The van der Waals surface area contributed by atoms with Gasteiger partial charge in [0, 0.05) is 24.7 Å². The van der Waals surface area contributed by atoms with Crippen LogP contribution in [-0.4, -0.2) is 53.5 Å². The first-order valence-electron chi connectivity index (χ1n) is 8.69. The molecule has 1 fully saturated rings. The van der Waals surface area contributed by atoms with Gasteiger partial charge in [-0.25, -0.2) is 0 Å². The van der Waals surface area contributed by atoms with Crippen LogP contribution in [0.3, 0.4) is 0 Å². The molecule has 0 bridgehead atoms. The van der Waals surface area contributed by atoms with Crippen molar-refractivity contribution in [1.82, 2.24) is 9.80 Å². The van der Waals surface area contributed by atoms with E-state index >= 15 is 0 Å². The summed E-state index contributed by atoms with van der Waals surface area (Å²) in [5.74, 6) is -0.436. The summed E-state index contributed by atoms with van der Waals surface area (Å²) in [6.45, 7) is 7.53. The molecule has 2 atom stereocenters. The highest BCUT2D eigenvalue weighted by Crippen LogP contribution is 2.33. The smallest absolute Gasteiger partial charge is 0.277 e. The molecular weight excluding hydrogens is 340 g/mol. The maximum atomic E-state index is 13.0. The van der Waals surface area contributed by atoms with Gasteiger partial charge in [-0.1, -0.05) is 30.7 Å². The molecule has 6 heteroatoms. The van der Waals surface area contributed by atoms with Crippen LogP contribution in [0.2, 0.25) is 5.02 Å². The molecule has 134 valence electrons. The number of halogens is 1. The fourth-order valence-corrected chi connectivity index (χ4v) is 3.65. The second-order valence-electron chi connectivity index (χ2n) is 6.65. The number of carbonyl (C=O) groups excluding carboxylic acids is 2. The first kappa shape index (κ1) is 18.0. The Morgan fingerprint density at radius 2 is 1.68 bits per heavy atom. The molecule has 2 unspecified atom stereocenters. The first-order valence-corrected chi connectivity index (χ1v) is 9.07. The lowest BCUT2D eigenvalue weighted by Gasteiger charge is -2.37. The summed E-state index contributed by atoms with van der Waals surface area (Å²) >= 11 is 5.98. The number of ether oxygens (including phenoxy) is 1. The van der Waals surface area contributed by atoms with E-state index in [2.05, 4.69) is 0 Å². The number of carbonyl (C=O) groups is 2. The Morgan fingerprint density at radius 3 is 2.24 bits per heavy atom. The molecule has 0 N–H and O–H groups in total. The van der Waals surface area contributed by atoms with Crippen LogP contribution in [0.5, 0.6) is 0 Å². The molecule has 25 heavy (non-hydrogen) atoms. The SMILES string of the molecule is CCCN1C(=O)C(c2ccc(Cl)cc2)=C(N2CC(C)OC(C)C2)C1=O. The summed E-state index contributed by atoms with van der Waals surface area (Å²) < 4.78 is 5.78. The number of imide groups is 1. The molecule has 1 saturated heterocycles. The number of hydrogen-bond acceptors (Lipinski definition) is 4. The van der Waals surface area contributed by atoms with Crippen LogP contribution in [-0.2, 0) is 14.3 Å². The van der Waals surface area contributed by atoms with E-state index in [1.54, 1.807) is 24.3 Å². The van der Waals surface area contributed by atoms with Crippen molar-refractivity contribution in [3.05, 3.63) is 40.5 Å². The quantitative estimate of drug-likeness (QED) is 0.773. The topological polar surface area (TPSA) is 49.9 Å². The summed E-state index contributed by atoms with van der Waals surface area (Å²) in [7, 11) is 0. The van der Waals surface area contributed by atoms with E-state index in [4.69, 9.17) is 16.3 Å². The van der Waals surface area contributed by atoms with Crippen molar-refractivity contribution in [2.45, 2.75) is 39.4 Å². The van der Waals surface area contributed by atoms with Gasteiger partial charge in [-0.15, -0.1) is 0 Å². The van der Waals surface area contributed by atoms with Crippen LogP contribution in [0.4, 0.5) is 0 Å². The van der Waals surface area contributed by atoms with Crippen LogP contribution >= 0.6 is 11.6 Å². The standard InChI is InChI=1S/C19H23ClN2O3/c1-4-9-22-18(23)16(14-5-7-15(20)8-6-14)17(19(22)24)21-10-12(2)25-13(3)11-21/h5-8,12-13H,4,9-11H2,1-3H3. The van der Waals surface area contributed by atoms with Gasteiger partial charge in [0.15, 0.2) is 0 Å². The van der Waals surface area contributed by atoms with Gasteiger partial charge in [-0.3, -0.25) is 14.5 Å². The molecule has 0 aliphatic carbocycles. The predicted octanol–water partition coefficient (Wildman–Crippen LogP) is 2.94. The minimum Gasteiger partial charge on any atom is -0.372 e. The summed E-state index contributed by atoms with van der Waals surface area (Å²) in [6, 6.07) is 7.08. The van der Waals surface area contributed by atoms with Crippen LogP contribution in [0.25, 0.3) is 5.57 Å². The largest absolute Gasteiger partial charge is 0.372 e. The van der Waals surface area contributed by atoms with Crippen molar-refractivity contribution >= 4 is 29.0 Å². The maximum Gasteiger partial charge on any atom is 0.277 e. The van der Waals surface area contributed by atoms with Crippen LogP contribution in [0.15, 0.2) is 30.0 Å². The molecule has 3 rings (SSSR count). The average molecular weight is 363 g/mol. The van der Waals surface area contributed by atoms with E-state index in [1.165, 1.54) is 4.90 Å². The van der Waals surface area contributed by atoms with E-state index in [0.29, 0.717) is 35.9 Å². The highest BCUT2D eigenvalue weighted by atomic mass is 35.5. The molecule has 0 aromatic heterocycles. The molecule has 2 aliphatic heterocycles. The summed E-state index contributed by atoms with van der Waals surface area (Å²) in [4.78, 5) is 29.3. The maximum absolute atomic E-state index is 13.0. The first-order chi connectivity index (χ1) is 11.9. The van der Waals surface area contributed by atoms with Crippen molar-refractivity contribution in [3.63, 3.8) is 0 Å². The van der Waals surface area contributed by atoms with Crippen molar-refractivity contribution in [2.24, 2.45) is 0 Å². The molecular formula is C19H23ClN2O3. The number of rotatable bonds is 4. The third-order valence-electron chi connectivity index (χ3n) is 4.46. The Morgan fingerprint density at radius 1 is 1.08 bits per heavy atom. The molecule has 0 radical (unpaired) electrons. The van der Waals surface area contributed by atoms with Gasteiger partial charge in [-0.05, 0) is 38.0 Å². The van der Waals surface area contributed by atoms with Crippen molar-refractivity contribution < 1.29 is 14.3 Å². The van der Waals surface area contributed by atoms with E-state index < -0.39 is 0 Å². The fourth-order valence-electron chi connectivity index (χ4n) is 3.52. The molecule has 0 saturated carbocycles. The third-order valence-corrected chi connectivity index (χ3v) is 4.71. The van der Waals surface area contributed by atoms with Gasteiger partial charge in [0.05, 0.1) is 17.8 Å². The van der Waals surface area contributed by atoms with Gasteiger partial charge in [0.25, 0.3) is 11.8 Å². The predicted molar refractivity (Wildman–Crippen MR) is 97.0 cm³/mol. The second kappa shape index (κ2) is 7.18. The zero-order valence-corrected chi connectivity index (χ0v) is 15.5. The Kier molecular flexibility index (Phi) is 5.16. The van der Waals surface area contributed by atoms with E-state index in [0.717, 1.165) is 12.0 Å². The number of benzene rings is 1. The van der Waals surface area contributed by atoms with Gasteiger partial charge in [0.2, 0.25) is 0 Å². The molecule has 1 aromatic carbocycles. The van der Waals surface area contributed by atoms with Gasteiger partial charge in [-0.2, -0.15) is 0 Å². The molecule has 2 heterocycles. The van der Waals surface area contributed by atoms with Crippen LogP contribution in [0, 0.1) is 0 Å². The lowest BCUT2D eigenvalue weighted by atomic mass is 10.0. The van der Waals surface area contributed by atoms with Gasteiger partial charge in [0.1, 0.15) is 5.70 Å². The second-order valence-corrected chi connectivity index (χ2v) is 7.09. The molecule has 1 aromatic rings. The average Bonchev–Trinajstić information content (AvgIpc) is 2.80. The Balaban J connectivity index is 2.07. The summed E-state index contributed by atoms with van der Waals surface area (Å²) in [6.07, 6.45) is 0.742. The Labute approximate surface area is 153 Å². The monoisotopic (exact) mass is 362 g/mol. The van der Waals surface area contributed by atoms with Crippen LogP contribution in [0.1, 0.15) is 32.8 Å². The van der Waals surface area contributed by atoms with Gasteiger partial charge >= 0.3 is 0 Å². The molecule has 5 nitrogen and oxygen atoms in total. The minimum absolute atomic E-state index is 0.00541. The normalized spacial score (nSPS) is 24.5. The van der Waals surface area contributed by atoms with Crippen molar-refractivity contribution in [1.29, 1.82) is 0 Å². The fraction of sp³-hybridized carbons (Fsp3) is 0.474. The number of morpholine rings is 1. The highest BCUT2D eigenvalue weighted by Gasteiger charge is 2.42. The minimum atomic E-state index is -0.226. The molecule has 2 amide bonds. The van der Waals surface area contributed by atoms with Crippen molar-refractivity contribution in [2.75, 3.05) is 19.6 Å². The lowest BCUT2D eigenvalue weighted by Crippen LogP contribution is -2.47.